The minimum Gasteiger partial charge on any atom is -0.296 e. The van der Waals surface area contributed by atoms with Crippen molar-refractivity contribution >= 4 is 39.1 Å². The van der Waals surface area contributed by atoms with Crippen molar-refractivity contribution < 1.29 is 9.18 Å². The van der Waals surface area contributed by atoms with Crippen LogP contribution in [-0.4, -0.2) is 38.6 Å². The number of Topliss-reactive ketones (excluding diaryl/α,β-unsaturated/α-hetero) is 1. The van der Waals surface area contributed by atoms with Gasteiger partial charge in [-0.25, -0.2) is 9.37 Å². The molecule has 0 spiro atoms. The average Bonchev–Trinajstić information content (AvgIpc) is 3.21. The molecule has 0 amide bonds. The van der Waals surface area contributed by atoms with Crippen molar-refractivity contribution in [1.29, 1.82) is 0 Å². The Kier molecular flexibility index (Phi) is 6.38. The van der Waals surface area contributed by atoms with Crippen LogP contribution in [0.2, 0.25) is 0 Å². The summed E-state index contributed by atoms with van der Waals surface area (Å²) in [7, 11) is 0. The lowest BCUT2D eigenvalue weighted by atomic mass is 10.0. The van der Waals surface area contributed by atoms with Crippen molar-refractivity contribution in [2.75, 3.05) is 12.3 Å². The van der Waals surface area contributed by atoms with Crippen molar-refractivity contribution in [3.05, 3.63) is 86.8 Å². The molecule has 0 bridgehead atoms. The number of thioether (sulfide) groups is 1. The Morgan fingerprint density at radius 3 is 2.59 bits per heavy atom. The first-order chi connectivity index (χ1) is 16.4. The lowest BCUT2D eigenvalue weighted by Crippen LogP contribution is -2.35. The third kappa shape index (κ3) is 4.33. The van der Waals surface area contributed by atoms with Crippen LogP contribution < -0.4 is 5.56 Å². The first-order valence-corrected chi connectivity index (χ1v) is 13.0. The fourth-order valence-electron chi connectivity index (χ4n) is 4.24. The molecule has 2 aromatic heterocycles. The zero-order chi connectivity index (χ0) is 23.8. The number of nitrogens with zero attached hydrogens (tertiary/aromatic N) is 3. The van der Waals surface area contributed by atoms with Gasteiger partial charge in [-0.1, -0.05) is 30.0 Å². The number of para-hydroxylation sites is 1. The normalized spacial score (nSPS) is 14.0. The molecular formula is C26H24FN3O2S2. The molecule has 1 aliphatic rings. The van der Waals surface area contributed by atoms with E-state index in [1.807, 2.05) is 30.3 Å². The minimum atomic E-state index is -0.382. The second kappa shape index (κ2) is 9.44. The van der Waals surface area contributed by atoms with E-state index in [9.17, 15) is 14.0 Å². The van der Waals surface area contributed by atoms with Crippen molar-refractivity contribution in [2.24, 2.45) is 0 Å². The maximum absolute atomic E-state index is 13.8. The fraction of sp³-hybridized carbons (Fsp3) is 0.269. The number of benzene rings is 2. The van der Waals surface area contributed by atoms with Crippen LogP contribution in [0.3, 0.4) is 0 Å². The first kappa shape index (κ1) is 23.0. The van der Waals surface area contributed by atoms with E-state index in [0.717, 1.165) is 35.6 Å². The zero-order valence-corrected chi connectivity index (χ0v) is 20.6. The Morgan fingerprint density at radius 1 is 1.15 bits per heavy atom. The summed E-state index contributed by atoms with van der Waals surface area (Å²) in [6.45, 7) is 6.12. The number of fused-ring (bicyclic) bond motifs is 3. The van der Waals surface area contributed by atoms with Gasteiger partial charge in [0.15, 0.2) is 10.9 Å². The molecule has 34 heavy (non-hydrogen) atoms. The van der Waals surface area contributed by atoms with Crippen molar-refractivity contribution in [3.63, 3.8) is 0 Å². The zero-order valence-electron chi connectivity index (χ0n) is 19.0. The summed E-state index contributed by atoms with van der Waals surface area (Å²) in [5, 5.41) is 1.18. The highest BCUT2D eigenvalue weighted by Gasteiger charge is 2.26. The molecule has 4 aromatic rings. The van der Waals surface area contributed by atoms with Gasteiger partial charge in [0.2, 0.25) is 0 Å². The number of rotatable bonds is 6. The van der Waals surface area contributed by atoms with E-state index >= 15 is 0 Å². The van der Waals surface area contributed by atoms with Gasteiger partial charge in [0.25, 0.3) is 5.56 Å². The van der Waals surface area contributed by atoms with E-state index in [2.05, 4.69) is 18.7 Å². The summed E-state index contributed by atoms with van der Waals surface area (Å²) in [5.41, 5.74) is 2.17. The molecule has 2 aromatic carbocycles. The topological polar surface area (TPSA) is 55.2 Å². The molecule has 174 valence electrons. The lowest BCUT2D eigenvalue weighted by Gasteiger charge is -2.30. The van der Waals surface area contributed by atoms with Crippen LogP contribution in [-0.2, 0) is 13.0 Å². The Labute approximate surface area is 205 Å². The number of ketones is 1. The third-order valence-electron chi connectivity index (χ3n) is 6.12. The van der Waals surface area contributed by atoms with Crippen molar-refractivity contribution in [2.45, 2.75) is 38.0 Å². The van der Waals surface area contributed by atoms with Crippen molar-refractivity contribution in [3.8, 4) is 5.69 Å². The van der Waals surface area contributed by atoms with Crippen molar-refractivity contribution in [1.82, 2.24) is 14.5 Å². The Hall–Kier alpha value is -2.81. The highest BCUT2D eigenvalue weighted by molar-refractivity contribution is 7.99. The average molecular weight is 494 g/mol. The second-order valence-corrected chi connectivity index (χ2v) is 10.6. The second-order valence-electron chi connectivity index (χ2n) is 8.59. The highest BCUT2D eigenvalue weighted by Crippen LogP contribution is 2.35. The van der Waals surface area contributed by atoms with Gasteiger partial charge < -0.3 is 0 Å². The molecule has 1 aliphatic heterocycles. The predicted octanol–water partition coefficient (Wildman–Crippen LogP) is 5.33. The minimum absolute atomic E-state index is 0.0940. The molecule has 8 heteroatoms. The van der Waals surface area contributed by atoms with Gasteiger partial charge in [-0.05, 0) is 62.2 Å². The molecule has 0 atom stereocenters. The van der Waals surface area contributed by atoms with E-state index in [4.69, 9.17) is 4.98 Å². The van der Waals surface area contributed by atoms with E-state index in [-0.39, 0.29) is 22.9 Å². The van der Waals surface area contributed by atoms with Gasteiger partial charge in [0.05, 0.1) is 16.8 Å². The highest BCUT2D eigenvalue weighted by atomic mass is 32.2. The van der Waals surface area contributed by atoms with Gasteiger partial charge in [0, 0.05) is 29.6 Å². The summed E-state index contributed by atoms with van der Waals surface area (Å²) >= 11 is 2.81. The molecule has 0 unspecified atom stereocenters. The number of halogens is 1. The molecule has 5 rings (SSSR count). The number of hydrogen-bond donors (Lipinski definition) is 0. The van der Waals surface area contributed by atoms with Crippen LogP contribution in [0, 0.1) is 5.82 Å². The fourth-order valence-corrected chi connectivity index (χ4v) is 6.43. The van der Waals surface area contributed by atoms with Crippen LogP contribution in [0.1, 0.15) is 34.6 Å². The standard InChI is InChI=1S/C26H24FN3O2S2/c1-16(2)29-13-12-20-22(14-29)34-24-23(20)25(32)30(19-6-4-3-5-7-19)26(28-24)33-15-21(31)17-8-10-18(27)11-9-17/h3-11,16H,12-15H2,1-2H3. The molecule has 0 fully saturated rings. The third-order valence-corrected chi connectivity index (χ3v) is 8.17. The predicted molar refractivity (Wildman–Crippen MR) is 136 cm³/mol. The van der Waals surface area contributed by atoms with E-state index < -0.39 is 0 Å². The number of carbonyl (C=O) groups is 1. The van der Waals surface area contributed by atoms with Gasteiger partial charge >= 0.3 is 0 Å². The Morgan fingerprint density at radius 2 is 1.88 bits per heavy atom. The van der Waals surface area contributed by atoms with Crippen LogP contribution >= 0.6 is 23.1 Å². The maximum atomic E-state index is 13.8. The molecule has 5 nitrogen and oxygen atoms in total. The Balaban J connectivity index is 1.57. The summed E-state index contributed by atoms with van der Waals surface area (Å²) < 4.78 is 14.9. The van der Waals surface area contributed by atoms with Gasteiger partial charge in [-0.15, -0.1) is 11.3 Å². The van der Waals surface area contributed by atoms with Gasteiger partial charge in [-0.3, -0.25) is 19.1 Å². The van der Waals surface area contributed by atoms with Crippen LogP contribution in [0.25, 0.3) is 15.9 Å². The summed E-state index contributed by atoms with van der Waals surface area (Å²) in [5.74, 6) is -0.424. The molecule has 3 heterocycles. The number of aromatic nitrogens is 2. The Bertz CT molecular complexity index is 1410. The number of carbonyl (C=O) groups excluding carboxylic acids is 1. The molecule has 0 saturated carbocycles. The SMILES string of the molecule is CC(C)N1CCc2c(sc3nc(SCC(=O)c4ccc(F)cc4)n(-c4ccccc4)c(=O)c23)C1. The quantitative estimate of drug-likeness (QED) is 0.207. The van der Waals surface area contributed by atoms with E-state index in [0.29, 0.717) is 22.1 Å². The molecule has 0 N–H and O–H groups in total. The van der Waals surface area contributed by atoms with E-state index in [1.54, 1.807) is 15.9 Å². The largest absolute Gasteiger partial charge is 0.296 e. The monoisotopic (exact) mass is 493 g/mol. The first-order valence-electron chi connectivity index (χ1n) is 11.2. The summed E-state index contributed by atoms with van der Waals surface area (Å²) in [6, 6.07) is 15.4. The lowest BCUT2D eigenvalue weighted by molar-refractivity contribution is 0.102. The summed E-state index contributed by atoms with van der Waals surface area (Å²) in [6.07, 6.45) is 0.828. The van der Waals surface area contributed by atoms with Gasteiger partial charge in [0.1, 0.15) is 10.6 Å². The maximum Gasteiger partial charge on any atom is 0.267 e. The molecule has 0 radical (unpaired) electrons. The van der Waals surface area contributed by atoms with Gasteiger partial charge in [-0.2, -0.15) is 0 Å². The molecule has 0 saturated heterocycles. The molecular weight excluding hydrogens is 469 g/mol. The molecule has 0 aliphatic carbocycles. The summed E-state index contributed by atoms with van der Waals surface area (Å²) in [4.78, 5) is 35.8. The smallest absolute Gasteiger partial charge is 0.267 e. The van der Waals surface area contributed by atoms with Crippen LogP contribution in [0.15, 0.2) is 64.5 Å². The van der Waals surface area contributed by atoms with E-state index in [1.165, 1.54) is 40.9 Å². The van der Waals surface area contributed by atoms with Crippen LogP contribution in [0.4, 0.5) is 4.39 Å². The number of thiophene rings is 1. The van der Waals surface area contributed by atoms with Crippen LogP contribution in [0.5, 0.6) is 0 Å². The number of hydrogen-bond acceptors (Lipinski definition) is 6.